The molecule has 1 aromatic carbocycles. The quantitative estimate of drug-likeness (QED) is 0.835. The molecular formula is C14H20N2O. The highest BCUT2D eigenvalue weighted by atomic mass is 16.2. The minimum absolute atomic E-state index is 0.238. The molecule has 3 heteroatoms. The van der Waals surface area contributed by atoms with Crippen molar-refractivity contribution in [2.75, 3.05) is 19.6 Å². The average molecular weight is 232 g/mol. The number of nitrogens with one attached hydrogen (secondary N) is 1. The minimum atomic E-state index is 0.238. The largest absolute Gasteiger partial charge is 0.340 e. The van der Waals surface area contributed by atoms with E-state index in [2.05, 4.69) is 31.3 Å². The summed E-state index contributed by atoms with van der Waals surface area (Å²) in [5.74, 6) is 0.238. The fraction of sp³-hybridized carbons (Fsp3) is 0.500. The van der Waals surface area contributed by atoms with Gasteiger partial charge in [0, 0.05) is 25.7 Å². The lowest BCUT2D eigenvalue weighted by Crippen LogP contribution is -2.51. The Bertz CT molecular complexity index is 386. The SMILES string of the molecule is Cc1ccc(CC(=O)N2CCNC(C)C2)cc1. The molecule has 1 aliphatic rings. The molecule has 2 rings (SSSR count). The highest BCUT2D eigenvalue weighted by Crippen LogP contribution is 2.07. The van der Waals surface area contributed by atoms with Crippen molar-refractivity contribution in [3.63, 3.8) is 0 Å². The van der Waals surface area contributed by atoms with Crippen LogP contribution >= 0.6 is 0 Å². The Morgan fingerprint density at radius 2 is 2.12 bits per heavy atom. The van der Waals surface area contributed by atoms with Crippen LogP contribution in [0.2, 0.25) is 0 Å². The zero-order valence-corrected chi connectivity index (χ0v) is 10.6. The van der Waals surface area contributed by atoms with Gasteiger partial charge in [0.2, 0.25) is 5.91 Å². The number of rotatable bonds is 2. The van der Waals surface area contributed by atoms with E-state index >= 15 is 0 Å². The first kappa shape index (κ1) is 12.1. The number of carbonyl (C=O) groups is 1. The second kappa shape index (κ2) is 5.32. The fourth-order valence-electron chi connectivity index (χ4n) is 2.15. The number of aryl methyl sites for hydroxylation is 1. The standard InChI is InChI=1S/C14H20N2O/c1-11-3-5-13(6-4-11)9-14(17)16-8-7-15-12(2)10-16/h3-6,12,15H,7-10H2,1-2H3. The van der Waals surface area contributed by atoms with Crippen LogP contribution in [-0.4, -0.2) is 36.5 Å². The van der Waals surface area contributed by atoms with Crippen molar-refractivity contribution >= 4 is 5.91 Å². The predicted octanol–water partition coefficient (Wildman–Crippen LogP) is 1.36. The molecule has 1 amide bonds. The highest BCUT2D eigenvalue weighted by Gasteiger charge is 2.20. The lowest BCUT2D eigenvalue weighted by atomic mass is 10.1. The first-order chi connectivity index (χ1) is 8.15. The Morgan fingerprint density at radius 3 is 2.76 bits per heavy atom. The third-order valence-electron chi connectivity index (χ3n) is 3.20. The summed E-state index contributed by atoms with van der Waals surface area (Å²) < 4.78 is 0. The smallest absolute Gasteiger partial charge is 0.227 e. The van der Waals surface area contributed by atoms with Crippen LogP contribution in [0.1, 0.15) is 18.1 Å². The van der Waals surface area contributed by atoms with Gasteiger partial charge in [-0.2, -0.15) is 0 Å². The van der Waals surface area contributed by atoms with Gasteiger partial charge in [0.15, 0.2) is 0 Å². The number of hydrogen-bond donors (Lipinski definition) is 1. The van der Waals surface area contributed by atoms with E-state index in [0.29, 0.717) is 12.5 Å². The van der Waals surface area contributed by atoms with Gasteiger partial charge in [0.1, 0.15) is 0 Å². The average Bonchev–Trinajstić information content (AvgIpc) is 2.32. The van der Waals surface area contributed by atoms with E-state index < -0.39 is 0 Å². The first-order valence-electron chi connectivity index (χ1n) is 6.22. The van der Waals surface area contributed by atoms with E-state index in [1.54, 1.807) is 0 Å². The first-order valence-corrected chi connectivity index (χ1v) is 6.22. The molecule has 1 unspecified atom stereocenters. The number of carbonyl (C=O) groups excluding carboxylic acids is 1. The van der Waals surface area contributed by atoms with Crippen molar-refractivity contribution < 1.29 is 4.79 Å². The number of piperazine rings is 1. The third-order valence-corrected chi connectivity index (χ3v) is 3.20. The summed E-state index contributed by atoms with van der Waals surface area (Å²) in [6.45, 7) is 6.73. The molecule has 1 atom stereocenters. The summed E-state index contributed by atoms with van der Waals surface area (Å²) in [5.41, 5.74) is 2.34. The highest BCUT2D eigenvalue weighted by molar-refractivity contribution is 5.79. The maximum atomic E-state index is 12.1. The molecule has 1 heterocycles. The van der Waals surface area contributed by atoms with Gasteiger partial charge in [0.05, 0.1) is 6.42 Å². The number of benzene rings is 1. The number of amides is 1. The van der Waals surface area contributed by atoms with Crippen molar-refractivity contribution in [1.82, 2.24) is 10.2 Å². The van der Waals surface area contributed by atoms with Crippen LogP contribution in [0.15, 0.2) is 24.3 Å². The van der Waals surface area contributed by atoms with Gasteiger partial charge >= 0.3 is 0 Å². The van der Waals surface area contributed by atoms with E-state index in [0.717, 1.165) is 25.2 Å². The van der Waals surface area contributed by atoms with Crippen molar-refractivity contribution in [1.29, 1.82) is 0 Å². The predicted molar refractivity (Wildman–Crippen MR) is 68.9 cm³/mol. The van der Waals surface area contributed by atoms with Gasteiger partial charge in [-0.25, -0.2) is 0 Å². The minimum Gasteiger partial charge on any atom is -0.340 e. The van der Waals surface area contributed by atoms with Gasteiger partial charge in [-0.15, -0.1) is 0 Å². The van der Waals surface area contributed by atoms with Gasteiger partial charge in [-0.05, 0) is 19.4 Å². The Hall–Kier alpha value is -1.35. The van der Waals surface area contributed by atoms with Gasteiger partial charge in [-0.3, -0.25) is 4.79 Å². The summed E-state index contributed by atoms with van der Waals surface area (Å²) in [7, 11) is 0. The lowest BCUT2D eigenvalue weighted by Gasteiger charge is -2.32. The van der Waals surface area contributed by atoms with Crippen LogP contribution in [0.4, 0.5) is 0 Å². The summed E-state index contributed by atoms with van der Waals surface area (Å²) >= 11 is 0. The van der Waals surface area contributed by atoms with Gasteiger partial charge in [0.25, 0.3) is 0 Å². The second-order valence-corrected chi connectivity index (χ2v) is 4.86. The van der Waals surface area contributed by atoms with E-state index in [9.17, 15) is 4.79 Å². The molecular weight excluding hydrogens is 212 g/mol. The molecule has 0 saturated carbocycles. The van der Waals surface area contributed by atoms with Gasteiger partial charge in [-0.1, -0.05) is 29.8 Å². The fourth-order valence-corrected chi connectivity index (χ4v) is 2.15. The topological polar surface area (TPSA) is 32.3 Å². The zero-order chi connectivity index (χ0) is 12.3. The maximum absolute atomic E-state index is 12.1. The van der Waals surface area contributed by atoms with Crippen LogP contribution in [0.5, 0.6) is 0 Å². The molecule has 1 aromatic rings. The molecule has 0 bridgehead atoms. The third kappa shape index (κ3) is 3.30. The Kier molecular flexibility index (Phi) is 3.79. The van der Waals surface area contributed by atoms with E-state index in [-0.39, 0.29) is 5.91 Å². The molecule has 1 saturated heterocycles. The van der Waals surface area contributed by atoms with Gasteiger partial charge < -0.3 is 10.2 Å². The Morgan fingerprint density at radius 1 is 1.41 bits per heavy atom. The van der Waals surface area contributed by atoms with Crippen LogP contribution < -0.4 is 5.32 Å². The van der Waals surface area contributed by atoms with Crippen LogP contribution in [0, 0.1) is 6.92 Å². The summed E-state index contributed by atoms with van der Waals surface area (Å²) in [4.78, 5) is 14.1. The van der Waals surface area contributed by atoms with E-state index in [1.165, 1.54) is 5.56 Å². The monoisotopic (exact) mass is 232 g/mol. The molecule has 3 nitrogen and oxygen atoms in total. The molecule has 0 spiro atoms. The van der Waals surface area contributed by atoms with Crippen LogP contribution in [-0.2, 0) is 11.2 Å². The Labute approximate surface area is 103 Å². The summed E-state index contributed by atoms with van der Waals surface area (Å²) in [5, 5.41) is 3.34. The second-order valence-electron chi connectivity index (χ2n) is 4.86. The van der Waals surface area contributed by atoms with Crippen LogP contribution in [0.3, 0.4) is 0 Å². The molecule has 1 aliphatic heterocycles. The van der Waals surface area contributed by atoms with E-state index in [1.807, 2.05) is 17.0 Å². The molecule has 0 aromatic heterocycles. The molecule has 92 valence electrons. The number of hydrogen-bond acceptors (Lipinski definition) is 2. The van der Waals surface area contributed by atoms with Crippen molar-refractivity contribution in [2.24, 2.45) is 0 Å². The molecule has 0 aliphatic carbocycles. The van der Waals surface area contributed by atoms with Crippen LogP contribution in [0.25, 0.3) is 0 Å². The molecule has 1 N–H and O–H groups in total. The van der Waals surface area contributed by atoms with Crippen molar-refractivity contribution in [2.45, 2.75) is 26.3 Å². The van der Waals surface area contributed by atoms with Crippen molar-refractivity contribution in [3.05, 3.63) is 35.4 Å². The zero-order valence-electron chi connectivity index (χ0n) is 10.6. The molecule has 1 fully saturated rings. The molecule has 0 radical (unpaired) electrons. The maximum Gasteiger partial charge on any atom is 0.227 e. The van der Waals surface area contributed by atoms with E-state index in [4.69, 9.17) is 0 Å². The summed E-state index contributed by atoms with van der Waals surface area (Å²) in [6, 6.07) is 8.61. The number of nitrogens with zero attached hydrogens (tertiary/aromatic N) is 1. The van der Waals surface area contributed by atoms with Crippen molar-refractivity contribution in [3.8, 4) is 0 Å². The normalized spacial score (nSPS) is 20.4. The molecule has 17 heavy (non-hydrogen) atoms. The lowest BCUT2D eigenvalue weighted by molar-refractivity contribution is -0.131. The summed E-state index contributed by atoms with van der Waals surface area (Å²) in [6.07, 6.45) is 0.521. The Balaban J connectivity index is 1.94.